The Morgan fingerprint density at radius 2 is 1.74 bits per heavy atom. The highest BCUT2D eigenvalue weighted by Gasteiger charge is 2.24. The normalized spacial score (nSPS) is 12.7. The van der Waals surface area contributed by atoms with Gasteiger partial charge in [0.05, 0.1) is 11.3 Å². The van der Waals surface area contributed by atoms with E-state index in [1.807, 2.05) is 0 Å². The second kappa shape index (κ2) is 9.62. The van der Waals surface area contributed by atoms with Crippen molar-refractivity contribution in [1.29, 1.82) is 0 Å². The molecule has 0 saturated carbocycles. The van der Waals surface area contributed by atoms with Crippen molar-refractivity contribution in [3.8, 4) is 5.75 Å². The molecule has 168 valence electrons. The molecule has 0 aromatic heterocycles. The molecule has 0 unspecified atom stereocenters. The number of hydrogen-bond acceptors (Lipinski definition) is 9. The van der Waals surface area contributed by atoms with Crippen molar-refractivity contribution in [1.82, 2.24) is 4.72 Å². The van der Waals surface area contributed by atoms with Crippen molar-refractivity contribution in [3.63, 3.8) is 0 Å². The summed E-state index contributed by atoms with van der Waals surface area (Å²) in [6.45, 7) is -0.707. The zero-order valence-electron chi connectivity index (χ0n) is 15.6. The predicted molar refractivity (Wildman–Crippen MR) is 107 cm³/mol. The third-order valence-electron chi connectivity index (χ3n) is 3.78. The Kier molecular flexibility index (Phi) is 7.62. The van der Waals surface area contributed by atoms with E-state index < -0.39 is 61.7 Å². The van der Waals surface area contributed by atoms with Crippen LogP contribution in [0.1, 0.15) is 5.56 Å². The van der Waals surface area contributed by atoms with E-state index in [0.717, 1.165) is 12.1 Å². The van der Waals surface area contributed by atoms with Crippen LogP contribution in [0.15, 0.2) is 52.3 Å². The molecule has 2 aromatic rings. The smallest absolute Gasteiger partial charge is 0.310 e. The van der Waals surface area contributed by atoms with Crippen LogP contribution >= 0.6 is 11.6 Å². The summed E-state index contributed by atoms with van der Waals surface area (Å²) >= 11 is 5.72. The van der Waals surface area contributed by atoms with Gasteiger partial charge in [0.25, 0.3) is 26.0 Å². The average Bonchev–Trinajstić information content (AvgIpc) is 2.68. The van der Waals surface area contributed by atoms with Crippen LogP contribution in [0.4, 0.5) is 0 Å². The summed E-state index contributed by atoms with van der Waals surface area (Å²) in [5, 5.41) is 9.75. The van der Waals surface area contributed by atoms with Gasteiger partial charge in [0, 0.05) is 10.6 Å². The SMILES string of the molecule is N[C@@H](COC(=O)Cc1cc(Cl)cc(S(=O)(=O)O)c1O)C(=O)NS(=O)(=O)c1ccccc1. The largest absolute Gasteiger partial charge is 0.506 e. The minimum absolute atomic E-state index is 0.168. The maximum Gasteiger partial charge on any atom is 0.310 e. The Balaban J connectivity index is 2.00. The number of rotatable bonds is 8. The lowest BCUT2D eigenvalue weighted by atomic mass is 10.1. The summed E-state index contributed by atoms with van der Waals surface area (Å²) in [4.78, 5) is 22.9. The molecule has 0 spiro atoms. The number of benzene rings is 2. The topological polar surface area (TPSA) is 190 Å². The molecule has 0 heterocycles. The van der Waals surface area contributed by atoms with Crippen LogP contribution in [0, 0.1) is 0 Å². The van der Waals surface area contributed by atoms with E-state index >= 15 is 0 Å². The predicted octanol–water partition coefficient (Wildman–Crippen LogP) is 0.210. The Morgan fingerprint density at radius 1 is 1.13 bits per heavy atom. The highest BCUT2D eigenvalue weighted by atomic mass is 35.5. The van der Waals surface area contributed by atoms with Crippen molar-refractivity contribution in [2.75, 3.05) is 6.61 Å². The molecule has 1 atom stereocenters. The van der Waals surface area contributed by atoms with E-state index in [1.54, 1.807) is 10.8 Å². The van der Waals surface area contributed by atoms with Crippen LogP contribution in [0.5, 0.6) is 5.75 Å². The fourth-order valence-electron chi connectivity index (χ4n) is 2.29. The Bertz CT molecular complexity index is 1200. The molecule has 11 nitrogen and oxygen atoms in total. The maximum atomic E-state index is 12.1. The number of aromatic hydroxyl groups is 1. The third kappa shape index (κ3) is 6.63. The first-order valence-electron chi connectivity index (χ1n) is 8.33. The van der Waals surface area contributed by atoms with Crippen molar-refractivity contribution >= 4 is 43.6 Å². The number of phenols is 1. The lowest BCUT2D eigenvalue weighted by Crippen LogP contribution is -2.46. The van der Waals surface area contributed by atoms with Gasteiger partial charge in [-0.05, 0) is 24.3 Å². The molecular formula is C17H17ClN2O9S2. The molecule has 5 N–H and O–H groups in total. The van der Waals surface area contributed by atoms with E-state index in [9.17, 15) is 31.5 Å². The van der Waals surface area contributed by atoms with Gasteiger partial charge in [-0.25, -0.2) is 13.1 Å². The number of nitrogens with one attached hydrogen (secondary N) is 1. The highest BCUT2D eigenvalue weighted by Crippen LogP contribution is 2.31. The summed E-state index contributed by atoms with van der Waals surface area (Å²) in [6.07, 6.45) is -0.675. The van der Waals surface area contributed by atoms with Gasteiger partial charge < -0.3 is 15.6 Å². The minimum Gasteiger partial charge on any atom is -0.506 e. The van der Waals surface area contributed by atoms with Gasteiger partial charge in [0.1, 0.15) is 23.3 Å². The monoisotopic (exact) mass is 492 g/mol. The van der Waals surface area contributed by atoms with Crippen LogP contribution in [-0.2, 0) is 40.9 Å². The Hall–Kier alpha value is -2.71. The molecule has 31 heavy (non-hydrogen) atoms. The molecular weight excluding hydrogens is 476 g/mol. The highest BCUT2D eigenvalue weighted by molar-refractivity contribution is 7.90. The summed E-state index contributed by atoms with van der Waals surface area (Å²) in [6, 6.07) is 7.35. The van der Waals surface area contributed by atoms with Gasteiger partial charge in [-0.3, -0.25) is 14.1 Å². The summed E-state index contributed by atoms with van der Waals surface area (Å²) in [5.41, 5.74) is 5.27. The van der Waals surface area contributed by atoms with E-state index in [1.165, 1.54) is 24.3 Å². The van der Waals surface area contributed by atoms with Gasteiger partial charge in [0.2, 0.25) is 0 Å². The van der Waals surface area contributed by atoms with E-state index in [4.69, 9.17) is 26.6 Å². The van der Waals surface area contributed by atoms with Gasteiger partial charge in [-0.15, -0.1) is 0 Å². The second-order valence-electron chi connectivity index (χ2n) is 6.14. The van der Waals surface area contributed by atoms with Crippen LogP contribution in [-0.4, -0.2) is 51.0 Å². The van der Waals surface area contributed by atoms with Crippen LogP contribution < -0.4 is 10.5 Å². The molecule has 0 aliphatic rings. The number of phenolic OH excluding ortho intramolecular Hbond substituents is 1. The average molecular weight is 493 g/mol. The van der Waals surface area contributed by atoms with Crippen molar-refractivity contribution in [3.05, 3.63) is 53.1 Å². The Morgan fingerprint density at radius 3 is 2.32 bits per heavy atom. The van der Waals surface area contributed by atoms with Crippen LogP contribution in [0.2, 0.25) is 5.02 Å². The molecule has 0 fully saturated rings. The molecule has 0 bridgehead atoms. The standard InChI is InChI=1S/C17H17ClN2O9S2/c18-11-6-10(16(22)14(8-11)31(26,27)28)7-15(21)29-9-13(19)17(23)20-30(24,25)12-4-2-1-3-5-12/h1-6,8,13,22H,7,9,19H2,(H,20,23)(H,26,27,28)/t13-/m0/s1. The quantitative estimate of drug-likeness (QED) is 0.292. The zero-order chi connectivity index (χ0) is 23.4. The minimum atomic E-state index is -4.81. The Labute approximate surface area is 182 Å². The lowest BCUT2D eigenvalue weighted by molar-refractivity contribution is -0.144. The molecule has 0 saturated heterocycles. The van der Waals surface area contributed by atoms with E-state index in [2.05, 4.69) is 0 Å². The van der Waals surface area contributed by atoms with Gasteiger partial charge in [-0.2, -0.15) is 8.42 Å². The second-order valence-corrected chi connectivity index (χ2v) is 9.64. The van der Waals surface area contributed by atoms with Gasteiger partial charge in [-0.1, -0.05) is 29.8 Å². The lowest BCUT2D eigenvalue weighted by Gasteiger charge is -2.14. The number of esters is 1. The van der Waals surface area contributed by atoms with Crippen LogP contribution in [0.25, 0.3) is 0 Å². The number of amides is 1. The number of nitrogens with two attached hydrogens (primary N) is 1. The van der Waals surface area contributed by atoms with Gasteiger partial charge >= 0.3 is 5.97 Å². The molecule has 1 amide bonds. The van der Waals surface area contributed by atoms with Crippen molar-refractivity contribution < 1.29 is 40.8 Å². The number of halogens is 1. The number of carbonyl (C=O) groups is 2. The molecule has 14 heteroatoms. The first-order valence-corrected chi connectivity index (χ1v) is 11.6. The summed E-state index contributed by atoms with van der Waals surface area (Å²) in [5.74, 6) is -3.07. The molecule has 2 aromatic carbocycles. The van der Waals surface area contributed by atoms with E-state index in [-0.39, 0.29) is 15.5 Å². The summed E-state index contributed by atoms with van der Waals surface area (Å²) in [7, 11) is -8.98. The van der Waals surface area contributed by atoms with Crippen molar-refractivity contribution in [2.45, 2.75) is 22.3 Å². The molecule has 0 aliphatic heterocycles. The first-order chi connectivity index (χ1) is 14.3. The number of sulfonamides is 1. The van der Waals surface area contributed by atoms with Crippen LogP contribution in [0.3, 0.4) is 0 Å². The zero-order valence-corrected chi connectivity index (χ0v) is 17.9. The van der Waals surface area contributed by atoms with E-state index in [0.29, 0.717) is 0 Å². The maximum absolute atomic E-state index is 12.1. The number of ether oxygens (including phenoxy) is 1. The number of hydrogen-bond donors (Lipinski definition) is 4. The summed E-state index contributed by atoms with van der Waals surface area (Å²) < 4.78 is 62.4. The molecule has 0 radical (unpaired) electrons. The molecule has 2 rings (SSSR count). The van der Waals surface area contributed by atoms with Gasteiger partial charge in [0.15, 0.2) is 0 Å². The molecule has 0 aliphatic carbocycles. The van der Waals surface area contributed by atoms with Crippen molar-refractivity contribution in [2.24, 2.45) is 5.73 Å². The fourth-order valence-corrected chi connectivity index (χ4v) is 4.30. The first kappa shape index (κ1) is 24.6. The number of carbonyl (C=O) groups excluding carboxylic acids is 2. The fraction of sp³-hybridized carbons (Fsp3) is 0.176. The third-order valence-corrected chi connectivity index (χ3v) is 6.23.